The number of hydrogen-bond acceptors (Lipinski definition) is 28. The molecule has 0 unspecified atom stereocenters. The van der Waals surface area contributed by atoms with E-state index in [9.17, 15) is 38.9 Å². The van der Waals surface area contributed by atoms with Gasteiger partial charge in [-0.25, -0.2) is 0 Å². The van der Waals surface area contributed by atoms with Crippen LogP contribution in [0.1, 0.15) is 27.7 Å². The van der Waals surface area contributed by atoms with Gasteiger partial charge in [0.2, 0.25) is 11.9 Å². The average Bonchev–Trinajstić information content (AvgIpc) is 4.12. The summed E-state index contributed by atoms with van der Waals surface area (Å²) in [6.45, 7) is 10.1. The zero-order chi connectivity index (χ0) is 53.0. The Morgan fingerprint density at radius 3 is 1.36 bits per heavy atom. The summed E-state index contributed by atoms with van der Waals surface area (Å²) in [7, 11) is -8.24. The molecule has 0 saturated carbocycles. The molecule has 0 saturated heterocycles. The average molecular weight is 1160 g/mol. The van der Waals surface area contributed by atoms with Gasteiger partial charge in [-0.1, -0.05) is 34.4 Å². The first kappa shape index (κ1) is 55.1. The van der Waals surface area contributed by atoms with Crippen LogP contribution in [0, 0.1) is 0 Å². The zero-order valence-electron chi connectivity index (χ0n) is 39.7. The SMILES string of the molecule is CCN(CC)c1cc(Nc2nc(Nc3cc(N(CC)CC)c(OC)cc3/N=N/c3snc4sc(S(=O)(=O)O)c(OC)c34)nc(SCCS(=O)(=O)O)n2)c(/N=N/c2snc3sc(S(=O)(=O)O)c(OC)c23)cc1OC. The Balaban J connectivity index is 1.37. The molecule has 0 aliphatic carbocycles. The van der Waals surface area contributed by atoms with Crippen molar-refractivity contribution in [2.45, 2.75) is 41.3 Å². The Hall–Kier alpha value is -5.69. The van der Waals surface area contributed by atoms with E-state index < -0.39 is 44.5 Å². The van der Waals surface area contributed by atoms with E-state index in [0.717, 1.165) is 34.8 Å². The number of benzene rings is 2. The molecular formula is C39H45N13O13S8. The second-order valence-electron chi connectivity index (χ2n) is 14.6. The number of rotatable bonds is 24. The largest absolute Gasteiger partial charge is 0.494 e. The van der Waals surface area contributed by atoms with E-state index in [-0.39, 0.29) is 87.5 Å². The van der Waals surface area contributed by atoms with Crippen molar-refractivity contribution in [3.05, 3.63) is 24.3 Å². The topological polar surface area (TPSA) is 344 Å². The third-order valence-corrected chi connectivity index (χ3v) is 18.7. The summed E-state index contributed by atoms with van der Waals surface area (Å²) < 4.78 is 132. The van der Waals surface area contributed by atoms with E-state index in [1.165, 1.54) is 28.4 Å². The number of nitrogens with one attached hydrogen (secondary N) is 2. The van der Waals surface area contributed by atoms with Gasteiger partial charge in [0, 0.05) is 44.1 Å². The van der Waals surface area contributed by atoms with Crippen molar-refractivity contribution in [2.75, 3.05) is 86.6 Å². The number of methoxy groups -OCH3 is 4. The van der Waals surface area contributed by atoms with Gasteiger partial charge in [0.1, 0.15) is 32.5 Å². The van der Waals surface area contributed by atoms with Crippen LogP contribution in [0.5, 0.6) is 23.0 Å². The maximum atomic E-state index is 12.2. The lowest BCUT2D eigenvalue weighted by atomic mass is 10.2. The molecule has 5 heterocycles. The van der Waals surface area contributed by atoms with Gasteiger partial charge >= 0.3 is 20.2 Å². The fraction of sp³-hybridized carbons (Fsp3) is 0.359. The quantitative estimate of drug-likeness (QED) is 0.0213. The standard InChI is InChI=1S/C39H45N13O13S8/c1-9-51(10-2)23-15-19(21(17-25(23)62-5)45-47-31-27-29(64-7)35(72(56,57)58)67-33(27)49-69-31)40-37-42-38(44-39(43-37)66-13-14-71(53,54)55)41-20-16-24(52(11-3)12-4)26(63-6)18-22(20)46-48-32-28-30(65-8)36(73(59,60)61)68-34(28)50-70-32/h15-18H,9-14H2,1-8H3,(H,53,54,55)(H,56,57,58)(H,59,60,61)(H2,40,41,42,43,44)/b47-45+,48-46+. The van der Waals surface area contributed by atoms with E-state index in [0.29, 0.717) is 71.7 Å². The highest BCUT2D eigenvalue weighted by Crippen LogP contribution is 2.50. The molecule has 5 aromatic heterocycles. The van der Waals surface area contributed by atoms with Gasteiger partial charge in [0.25, 0.3) is 10.1 Å². The molecule has 0 amide bonds. The summed E-state index contributed by atoms with van der Waals surface area (Å²) in [5.41, 5.74) is 2.22. The Bertz CT molecular complexity index is 3360. The molecule has 7 rings (SSSR count). The minimum atomic E-state index is -4.67. The van der Waals surface area contributed by atoms with Gasteiger partial charge in [0.15, 0.2) is 35.1 Å². The number of aromatic nitrogens is 5. The molecule has 0 aliphatic rings. The Labute approximate surface area is 438 Å². The van der Waals surface area contributed by atoms with Crippen molar-refractivity contribution < 1.29 is 57.9 Å². The molecule has 2 aromatic carbocycles. The predicted octanol–water partition coefficient (Wildman–Crippen LogP) is 9.73. The third-order valence-electron chi connectivity index (χ3n) is 10.3. The van der Waals surface area contributed by atoms with Gasteiger partial charge < -0.3 is 39.4 Å². The zero-order valence-corrected chi connectivity index (χ0v) is 46.2. The number of azo groups is 2. The van der Waals surface area contributed by atoms with Crippen molar-refractivity contribution >= 4 is 164 Å². The highest BCUT2D eigenvalue weighted by molar-refractivity contribution is 8.00. The summed E-state index contributed by atoms with van der Waals surface area (Å²) in [5, 5.41) is 25.1. The molecule has 0 fully saturated rings. The van der Waals surface area contributed by atoms with E-state index in [4.69, 9.17) is 23.9 Å². The van der Waals surface area contributed by atoms with Crippen LogP contribution in [0.2, 0.25) is 0 Å². The van der Waals surface area contributed by atoms with Crippen molar-refractivity contribution in [1.82, 2.24) is 23.7 Å². The predicted molar refractivity (Wildman–Crippen MR) is 283 cm³/mol. The first-order valence-corrected chi connectivity index (χ1v) is 29.9. The van der Waals surface area contributed by atoms with Crippen LogP contribution in [0.3, 0.4) is 0 Å². The number of anilines is 6. The summed E-state index contributed by atoms with van der Waals surface area (Å²) >= 11 is 4.16. The first-order valence-electron chi connectivity index (χ1n) is 21.2. The van der Waals surface area contributed by atoms with Crippen molar-refractivity contribution in [3.63, 3.8) is 0 Å². The van der Waals surface area contributed by atoms with Crippen molar-refractivity contribution in [3.8, 4) is 23.0 Å². The molecule has 392 valence electrons. The number of thiophene rings is 2. The number of fused-ring (bicyclic) bond motifs is 2. The molecule has 26 nitrogen and oxygen atoms in total. The van der Waals surface area contributed by atoms with Crippen LogP contribution in [0.15, 0.2) is 58.3 Å². The van der Waals surface area contributed by atoms with E-state index in [1.54, 1.807) is 24.3 Å². The summed E-state index contributed by atoms with van der Waals surface area (Å²) in [6, 6.07) is 6.71. The minimum absolute atomic E-state index is 0.0162. The number of hydrogen-bond donors (Lipinski definition) is 5. The lowest BCUT2D eigenvalue weighted by Gasteiger charge is -2.25. The Morgan fingerprint density at radius 2 is 1.01 bits per heavy atom. The van der Waals surface area contributed by atoms with Gasteiger partial charge in [-0.3, -0.25) is 13.7 Å². The van der Waals surface area contributed by atoms with Crippen molar-refractivity contribution in [2.24, 2.45) is 20.5 Å². The van der Waals surface area contributed by atoms with Crippen LogP contribution in [0.25, 0.3) is 20.4 Å². The number of nitrogens with zero attached hydrogens (tertiary/aromatic N) is 11. The molecule has 7 aromatic rings. The fourth-order valence-corrected chi connectivity index (χ4v) is 14.2. The second-order valence-corrected chi connectivity index (χ2v) is 24.0. The van der Waals surface area contributed by atoms with Crippen LogP contribution in [-0.2, 0) is 30.4 Å². The minimum Gasteiger partial charge on any atom is -0.494 e. The first-order chi connectivity index (χ1) is 34.7. The Morgan fingerprint density at radius 1 is 0.603 bits per heavy atom. The number of thioether (sulfide) groups is 1. The Kier molecular flexibility index (Phi) is 17.2. The maximum Gasteiger partial charge on any atom is 0.307 e. The van der Waals surface area contributed by atoms with Crippen molar-refractivity contribution in [1.29, 1.82) is 0 Å². The molecular weight excluding hydrogens is 1120 g/mol. The van der Waals surface area contributed by atoms with E-state index in [2.05, 4.69) is 49.8 Å². The monoisotopic (exact) mass is 1160 g/mol. The smallest absolute Gasteiger partial charge is 0.307 e. The molecule has 0 radical (unpaired) electrons. The lowest BCUT2D eigenvalue weighted by Crippen LogP contribution is -2.22. The number of ether oxygens (including phenoxy) is 4. The highest BCUT2D eigenvalue weighted by Gasteiger charge is 2.29. The van der Waals surface area contributed by atoms with E-state index in [1.807, 2.05) is 37.5 Å². The lowest BCUT2D eigenvalue weighted by molar-refractivity contribution is 0.406. The molecule has 34 heteroatoms. The summed E-state index contributed by atoms with van der Waals surface area (Å²) in [5.74, 6) is -0.409. The van der Waals surface area contributed by atoms with Gasteiger partial charge in [0.05, 0.1) is 67.7 Å². The van der Waals surface area contributed by atoms with Crippen LogP contribution in [-0.4, -0.2) is 129 Å². The van der Waals surface area contributed by atoms with Crippen LogP contribution >= 0.6 is 57.5 Å². The molecule has 0 atom stereocenters. The van der Waals surface area contributed by atoms with Gasteiger partial charge in [-0.15, -0.1) is 20.5 Å². The molecule has 0 bridgehead atoms. The fourth-order valence-electron chi connectivity index (χ4n) is 7.02. The molecule has 0 aliphatic heterocycles. The molecule has 0 spiro atoms. The third kappa shape index (κ3) is 12.3. The van der Waals surface area contributed by atoms with Gasteiger partial charge in [-0.05, 0) is 62.9 Å². The maximum absolute atomic E-state index is 12.2. The normalized spacial score (nSPS) is 12.4. The summed E-state index contributed by atoms with van der Waals surface area (Å²) in [6.07, 6.45) is 0. The highest BCUT2D eigenvalue weighted by atomic mass is 32.3. The van der Waals surface area contributed by atoms with E-state index >= 15 is 0 Å². The molecule has 5 N–H and O–H groups in total. The second kappa shape index (κ2) is 22.8. The van der Waals surface area contributed by atoms with Crippen LogP contribution in [0.4, 0.5) is 56.0 Å². The summed E-state index contributed by atoms with van der Waals surface area (Å²) in [4.78, 5) is 18.4. The van der Waals surface area contributed by atoms with Crippen LogP contribution < -0.4 is 39.4 Å². The molecule has 73 heavy (non-hydrogen) atoms. The van der Waals surface area contributed by atoms with Gasteiger partial charge in [-0.2, -0.15) is 49.0 Å².